The number of aromatic nitrogens is 1. The first-order valence-electron chi connectivity index (χ1n) is 19.7. The van der Waals surface area contributed by atoms with Gasteiger partial charge in [0.15, 0.2) is 0 Å². The third-order valence-corrected chi connectivity index (χ3v) is 14.5. The van der Waals surface area contributed by atoms with Crippen LogP contribution in [0, 0.1) is 23.2 Å². The molecule has 4 atom stereocenters. The molecule has 0 radical (unpaired) electrons. The molecule has 6 aliphatic rings. The second-order valence-corrected chi connectivity index (χ2v) is 18.9. The Balaban J connectivity index is 1.26. The van der Waals surface area contributed by atoms with Gasteiger partial charge in [-0.25, -0.2) is 17.9 Å². The van der Waals surface area contributed by atoms with E-state index in [0.29, 0.717) is 51.9 Å². The lowest BCUT2D eigenvalue weighted by molar-refractivity contribution is -0.142. The molecule has 13 heteroatoms. The lowest BCUT2D eigenvalue weighted by atomic mass is 9.80. The van der Waals surface area contributed by atoms with Crippen molar-refractivity contribution >= 4 is 38.8 Å². The van der Waals surface area contributed by atoms with Crippen LogP contribution in [0.3, 0.4) is 0 Å². The third-order valence-electron chi connectivity index (χ3n) is 12.8. The normalized spacial score (nSPS) is 25.7. The average molecular weight is 760 g/mol. The topological polar surface area (TPSA) is 139 Å². The molecule has 0 spiro atoms. The van der Waals surface area contributed by atoms with E-state index in [2.05, 4.69) is 31.6 Å². The van der Waals surface area contributed by atoms with E-state index in [1.807, 2.05) is 23.1 Å². The van der Waals surface area contributed by atoms with Gasteiger partial charge in [-0.15, -0.1) is 0 Å². The Bertz CT molecular complexity index is 2070. The molecule has 2 N–H and O–H groups in total. The van der Waals surface area contributed by atoms with Gasteiger partial charge in [-0.1, -0.05) is 25.3 Å². The minimum Gasteiger partial charge on any atom is -0.497 e. The molecule has 290 valence electrons. The standard InChI is InChI=1S/C41H53N5O7S/c1-25(2)54(50,51)43-38(47)29-10-12-34-35(16-29)46-24-41(39(48)44-18-26-20-45(40(49)42-3)21-27(19-44)23-53-22-26)17-31(41)14-30-15-32(52-4)11-13-33(30)37(46)36(34)28-8-6-5-7-9-28/h10-13,15-16,25-28,31H,5-9,14,17-24H2,1-4H3,(H,42,49)(H,43,47)/t26-,27+,31-,41+/m1/s1. The molecule has 54 heavy (non-hydrogen) atoms. The molecule has 5 fully saturated rings. The van der Waals surface area contributed by atoms with E-state index >= 15 is 4.79 Å². The number of amides is 4. The number of nitrogens with zero attached hydrogens (tertiary/aromatic N) is 3. The first-order chi connectivity index (χ1) is 25.9. The van der Waals surface area contributed by atoms with Crippen molar-refractivity contribution in [1.82, 2.24) is 24.4 Å². The van der Waals surface area contributed by atoms with Crippen molar-refractivity contribution in [3.8, 4) is 17.0 Å². The molecular weight excluding hydrogens is 707 g/mol. The molecule has 1 aromatic heterocycles. The van der Waals surface area contributed by atoms with E-state index in [4.69, 9.17) is 9.47 Å². The van der Waals surface area contributed by atoms with Gasteiger partial charge in [0.2, 0.25) is 15.9 Å². The molecule has 9 rings (SSSR count). The van der Waals surface area contributed by atoms with Crippen LogP contribution in [-0.4, -0.2) is 99.4 Å². The van der Waals surface area contributed by atoms with Gasteiger partial charge in [0.25, 0.3) is 5.91 Å². The fourth-order valence-corrected chi connectivity index (χ4v) is 10.4. The Kier molecular flexibility index (Phi) is 9.69. The lowest BCUT2D eigenvalue weighted by Gasteiger charge is -2.42. The lowest BCUT2D eigenvalue weighted by Crippen LogP contribution is -2.56. The first kappa shape index (κ1) is 36.9. The van der Waals surface area contributed by atoms with Gasteiger partial charge < -0.3 is 29.2 Å². The van der Waals surface area contributed by atoms with Crippen LogP contribution in [0.25, 0.3) is 22.2 Å². The van der Waals surface area contributed by atoms with E-state index in [1.165, 1.54) is 12.0 Å². The van der Waals surface area contributed by atoms with Crippen LogP contribution >= 0.6 is 0 Å². The Morgan fingerprint density at radius 2 is 1.65 bits per heavy atom. The number of hydrogen-bond acceptors (Lipinski definition) is 7. The molecule has 2 saturated carbocycles. The second-order valence-electron chi connectivity index (χ2n) is 16.7. The minimum atomic E-state index is -3.85. The number of sulfonamides is 1. The Morgan fingerprint density at radius 1 is 0.944 bits per heavy atom. The largest absolute Gasteiger partial charge is 0.497 e. The zero-order valence-corrected chi connectivity index (χ0v) is 32.7. The zero-order chi connectivity index (χ0) is 37.9. The van der Waals surface area contributed by atoms with Gasteiger partial charge >= 0.3 is 6.03 Å². The molecule has 4 aliphatic heterocycles. The Labute approximate surface area is 318 Å². The molecule has 3 saturated heterocycles. The highest BCUT2D eigenvalue weighted by Gasteiger charge is 2.62. The van der Waals surface area contributed by atoms with Crippen LogP contribution in [0.5, 0.6) is 5.75 Å². The Morgan fingerprint density at radius 3 is 2.31 bits per heavy atom. The van der Waals surface area contributed by atoms with Gasteiger partial charge in [-0.2, -0.15) is 0 Å². The van der Waals surface area contributed by atoms with Crippen molar-refractivity contribution in [2.75, 3.05) is 53.6 Å². The number of carbonyl (C=O) groups is 3. The number of methoxy groups -OCH3 is 1. The van der Waals surface area contributed by atoms with Gasteiger partial charge in [-0.3, -0.25) is 9.59 Å². The van der Waals surface area contributed by atoms with Crippen LogP contribution in [0.15, 0.2) is 36.4 Å². The summed E-state index contributed by atoms with van der Waals surface area (Å²) < 4.78 is 41.9. The number of carbonyl (C=O) groups excluding carboxylic acids is 3. The van der Waals surface area contributed by atoms with E-state index < -0.39 is 26.6 Å². The molecule has 12 nitrogen and oxygen atoms in total. The summed E-state index contributed by atoms with van der Waals surface area (Å²) in [5, 5.41) is 3.07. The van der Waals surface area contributed by atoms with Crippen LogP contribution in [-0.2, 0) is 32.5 Å². The van der Waals surface area contributed by atoms with Crippen molar-refractivity contribution in [2.45, 2.75) is 76.5 Å². The highest BCUT2D eigenvalue weighted by molar-refractivity contribution is 7.90. The third kappa shape index (κ3) is 6.54. The maximum atomic E-state index is 15.3. The van der Waals surface area contributed by atoms with Crippen LogP contribution < -0.4 is 14.8 Å². The van der Waals surface area contributed by atoms with E-state index in [1.54, 1.807) is 34.1 Å². The molecule has 4 amide bonds. The maximum absolute atomic E-state index is 15.3. The zero-order valence-electron chi connectivity index (χ0n) is 31.9. The second kappa shape index (κ2) is 14.2. The summed E-state index contributed by atoms with van der Waals surface area (Å²) in [4.78, 5) is 45.5. The van der Waals surface area contributed by atoms with Gasteiger partial charge in [0.05, 0.1) is 36.7 Å². The summed E-state index contributed by atoms with van der Waals surface area (Å²) in [6, 6.07) is 11.8. The summed E-state index contributed by atoms with van der Waals surface area (Å²) in [5.74, 6) is 0.654. The number of hydrogen-bond donors (Lipinski definition) is 2. The molecular formula is C41H53N5O7S. The Hall–Kier alpha value is -4.10. The number of urea groups is 1. The summed E-state index contributed by atoms with van der Waals surface area (Å²) >= 11 is 0. The quantitative estimate of drug-likeness (QED) is 0.355. The smallest absolute Gasteiger partial charge is 0.317 e. The van der Waals surface area contributed by atoms with E-state index in [0.717, 1.165) is 72.0 Å². The fourth-order valence-electron chi connectivity index (χ4n) is 9.83. The monoisotopic (exact) mass is 759 g/mol. The van der Waals surface area contributed by atoms with Crippen molar-refractivity contribution in [2.24, 2.45) is 23.2 Å². The predicted molar refractivity (Wildman–Crippen MR) is 206 cm³/mol. The van der Waals surface area contributed by atoms with E-state index in [-0.39, 0.29) is 35.3 Å². The average Bonchev–Trinajstić information content (AvgIpc) is 3.72. The van der Waals surface area contributed by atoms with Gasteiger partial charge in [0.1, 0.15) is 5.75 Å². The molecule has 3 aromatic rings. The van der Waals surface area contributed by atoms with Crippen molar-refractivity contribution in [1.29, 1.82) is 0 Å². The summed E-state index contributed by atoms with van der Waals surface area (Å²) in [6.07, 6.45) is 7.09. The predicted octanol–water partition coefficient (Wildman–Crippen LogP) is 5.14. The summed E-state index contributed by atoms with van der Waals surface area (Å²) in [7, 11) is -0.512. The fraction of sp³-hybridized carbons (Fsp3) is 0.585. The highest BCUT2D eigenvalue weighted by atomic mass is 32.2. The SMILES string of the molecule is CNC(=O)N1C[C@H]2COC[C@@H](C1)CN(C(=O)[C@]13C[C@H]1Cc1cc(OC)ccc1-c1c(C4CCCCC4)c4ccc(C(=O)NS(=O)(=O)C(C)C)cc4n1C3)C2. The molecule has 5 heterocycles. The molecule has 2 aromatic carbocycles. The summed E-state index contributed by atoms with van der Waals surface area (Å²) in [5.41, 5.74) is 5.07. The molecule has 2 bridgehead atoms. The van der Waals surface area contributed by atoms with Gasteiger partial charge in [0, 0.05) is 73.6 Å². The number of nitrogens with one attached hydrogen (secondary N) is 2. The van der Waals surface area contributed by atoms with Crippen LogP contribution in [0.1, 0.15) is 79.8 Å². The van der Waals surface area contributed by atoms with Crippen LogP contribution in [0.4, 0.5) is 4.79 Å². The summed E-state index contributed by atoms with van der Waals surface area (Å²) in [6.45, 7) is 6.62. The van der Waals surface area contributed by atoms with E-state index in [9.17, 15) is 18.0 Å². The van der Waals surface area contributed by atoms with Crippen LogP contribution in [0.2, 0.25) is 0 Å². The molecule has 0 unspecified atom stereocenters. The van der Waals surface area contributed by atoms with Crippen molar-refractivity contribution < 1.29 is 32.3 Å². The number of ether oxygens (including phenoxy) is 2. The van der Waals surface area contributed by atoms with Crippen molar-refractivity contribution in [3.05, 3.63) is 53.1 Å². The minimum absolute atomic E-state index is 0.0105. The van der Waals surface area contributed by atoms with Gasteiger partial charge in [-0.05, 0) is 92.8 Å². The molecule has 2 aliphatic carbocycles. The number of fused-ring (bicyclic) bond motifs is 12. The van der Waals surface area contributed by atoms with Crippen molar-refractivity contribution in [3.63, 3.8) is 0 Å². The maximum Gasteiger partial charge on any atom is 0.317 e. The number of benzene rings is 2. The highest BCUT2D eigenvalue weighted by Crippen LogP contribution is 2.60. The number of rotatable bonds is 6. The first-order valence-corrected chi connectivity index (χ1v) is 21.2.